The molecule has 1 aromatic carbocycles. The van der Waals surface area contributed by atoms with Gasteiger partial charge in [0.25, 0.3) is 0 Å². The van der Waals surface area contributed by atoms with Gasteiger partial charge in [0.05, 0.1) is 0 Å². The van der Waals surface area contributed by atoms with Crippen molar-refractivity contribution in [1.82, 2.24) is 5.32 Å². The van der Waals surface area contributed by atoms with Crippen LogP contribution in [0.25, 0.3) is 0 Å². The molecule has 114 valence electrons. The third kappa shape index (κ3) is 5.66. The minimum absolute atomic E-state index is 0.574. The normalized spacial score (nSPS) is 13.2. The molecule has 0 fully saturated rings. The van der Waals surface area contributed by atoms with Crippen molar-refractivity contribution >= 4 is 0 Å². The van der Waals surface area contributed by atoms with E-state index in [-0.39, 0.29) is 0 Å². The molecule has 1 N–H and O–H groups in total. The first-order chi connectivity index (χ1) is 9.29. The van der Waals surface area contributed by atoms with Crippen LogP contribution in [0.5, 0.6) is 0 Å². The average molecular weight is 275 g/mol. The third-order valence-electron chi connectivity index (χ3n) is 3.95. The quantitative estimate of drug-likeness (QED) is 0.752. The fourth-order valence-electron chi connectivity index (χ4n) is 3.13. The maximum atomic E-state index is 3.62. The van der Waals surface area contributed by atoms with Gasteiger partial charge in [0, 0.05) is 6.04 Å². The monoisotopic (exact) mass is 275 g/mol. The van der Waals surface area contributed by atoms with Crippen molar-refractivity contribution in [2.24, 2.45) is 11.8 Å². The summed E-state index contributed by atoms with van der Waals surface area (Å²) >= 11 is 0. The van der Waals surface area contributed by atoms with Gasteiger partial charge in [-0.05, 0) is 68.7 Å². The summed E-state index contributed by atoms with van der Waals surface area (Å²) in [6.45, 7) is 17.0. The Labute approximate surface area is 126 Å². The molecule has 1 nitrogen and oxygen atoms in total. The lowest BCUT2D eigenvalue weighted by Gasteiger charge is -2.23. The largest absolute Gasteiger partial charge is 0.314 e. The predicted octanol–water partition coefficient (Wildman–Crippen LogP) is 4.81. The van der Waals surface area contributed by atoms with E-state index >= 15 is 0 Å². The van der Waals surface area contributed by atoms with E-state index in [9.17, 15) is 0 Å². The molecule has 20 heavy (non-hydrogen) atoms. The Morgan fingerprint density at radius 2 is 1.50 bits per heavy atom. The predicted molar refractivity (Wildman–Crippen MR) is 90.4 cm³/mol. The van der Waals surface area contributed by atoms with Crippen LogP contribution < -0.4 is 5.32 Å². The van der Waals surface area contributed by atoms with Gasteiger partial charge in [0.15, 0.2) is 0 Å². The van der Waals surface area contributed by atoms with E-state index in [0.717, 1.165) is 18.4 Å². The lowest BCUT2D eigenvalue weighted by Crippen LogP contribution is -2.31. The van der Waals surface area contributed by atoms with Crippen molar-refractivity contribution < 1.29 is 0 Å². The van der Waals surface area contributed by atoms with E-state index in [1.807, 2.05) is 0 Å². The van der Waals surface area contributed by atoms with Crippen LogP contribution in [0.2, 0.25) is 0 Å². The zero-order chi connectivity index (χ0) is 15.3. The van der Waals surface area contributed by atoms with E-state index in [4.69, 9.17) is 0 Å². The summed E-state index contributed by atoms with van der Waals surface area (Å²) in [6, 6.07) is 5.22. The molecule has 1 aromatic rings. The SMILES string of the molecule is Cc1cc(C)c(CC(CNC(C)C)CC(C)C)c(C)c1. The van der Waals surface area contributed by atoms with Gasteiger partial charge in [-0.2, -0.15) is 0 Å². The van der Waals surface area contributed by atoms with E-state index in [1.165, 1.54) is 29.5 Å². The number of aryl methyl sites for hydroxylation is 3. The second-order valence-electron chi connectivity index (χ2n) is 7.14. The Morgan fingerprint density at radius 1 is 0.950 bits per heavy atom. The van der Waals surface area contributed by atoms with Crippen molar-refractivity contribution in [2.75, 3.05) is 6.54 Å². The summed E-state index contributed by atoms with van der Waals surface area (Å²) in [5, 5.41) is 3.62. The van der Waals surface area contributed by atoms with E-state index in [1.54, 1.807) is 5.56 Å². The van der Waals surface area contributed by atoms with Crippen LogP contribution in [0, 0.1) is 32.6 Å². The smallest absolute Gasteiger partial charge is 0.00104 e. The number of hydrogen-bond donors (Lipinski definition) is 1. The van der Waals surface area contributed by atoms with Crippen LogP contribution in [0.1, 0.15) is 56.4 Å². The molecule has 1 rings (SSSR count). The minimum atomic E-state index is 0.574. The number of benzene rings is 1. The molecule has 0 spiro atoms. The van der Waals surface area contributed by atoms with E-state index < -0.39 is 0 Å². The van der Waals surface area contributed by atoms with Crippen molar-refractivity contribution in [3.8, 4) is 0 Å². The van der Waals surface area contributed by atoms with Crippen molar-refractivity contribution in [1.29, 1.82) is 0 Å². The molecule has 0 heterocycles. The zero-order valence-corrected chi connectivity index (χ0v) is 14.5. The van der Waals surface area contributed by atoms with Gasteiger partial charge in [0.1, 0.15) is 0 Å². The topological polar surface area (TPSA) is 12.0 Å². The molecular weight excluding hydrogens is 242 g/mol. The van der Waals surface area contributed by atoms with Crippen LogP contribution in [0.15, 0.2) is 12.1 Å². The Kier molecular flexibility index (Phi) is 6.75. The molecule has 0 radical (unpaired) electrons. The molecule has 1 heteroatoms. The summed E-state index contributed by atoms with van der Waals surface area (Å²) in [5.41, 5.74) is 5.86. The Hall–Kier alpha value is -0.820. The molecule has 0 aliphatic heterocycles. The molecule has 1 unspecified atom stereocenters. The van der Waals surface area contributed by atoms with Gasteiger partial charge in [-0.1, -0.05) is 45.4 Å². The highest BCUT2D eigenvalue weighted by Gasteiger charge is 2.15. The third-order valence-corrected chi connectivity index (χ3v) is 3.95. The van der Waals surface area contributed by atoms with Gasteiger partial charge >= 0.3 is 0 Å². The Bertz CT molecular complexity index is 395. The fourth-order valence-corrected chi connectivity index (χ4v) is 3.13. The maximum Gasteiger partial charge on any atom is 0.00104 e. The number of rotatable bonds is 7. The van der Waals surface area contributed by atoms with Gasteiger partial charge in [0.2, 0.25) is 0 Å². The summed E-state index contributed by atoms with van der Waals surface area (Å²) in [6.07, 6.45) is 2.50. The number of hydrogen-bond acceptors (Lipinski definition) is 1. The second-order valence-corrected chi connectivity index (χ2v) is 7.14. The molecule has 0 saturated heterocycles. The summed E-state index contributed by atoms with van der Waals surface area (Å²) in [5.74, 6) is 1.50. The lowest BCUT2D eigenvalue weighted by atomic mass is 9.86. The molecule has 0 bridgehead atoms. The highest BCUT2D eigenvalue weighted by atomic mass is 14.9. The molecule has 0 aromatic heterocycles. The first kappa shape index (κ1) is 17.2. The molecule has 0 amide bonds. The van der Waals surface area contributed by atoms with Crippen LogP contribution in [0.4, 0.5) is 0 Å². The van der Waals surface area contributed by atoms with Gasteiger partial charge in [-0.25, -0.2) is 0 Å². The molecule has 1 atom stereocenters. The summed E-state index contributed by atoms with van der Waals surface area (Å²) in [7, 11) is 0. The van der Waals surface area contributed by atoms with Gasteiger partial charge < -0.3 is 5.32 Å². The van der Waals surface area contributed by atoms with E-state index in [2.05, 4.69) is 65.9 Å². The summed E-state index contributed by atoms with van der Waals surface area (Å²) < 4.78 is 0. The zero-order valence-electron chi connectivity index (χ0n) is 14.5. The highest BCUT2D eigenvalue weighted by Crippen LogP contribution is 2.23. The number of nitrogens with one attached hydrogen (secondary N) is 1. The fraction of sp³-hybridized carbons (Fsp3) is 0.684. The molecule has 0 aliphatic carbocycles. The summed E-state index contributed by atoms with van der Waals surface area (Å²) in [4.78, 5) is 0. The Morgan fingerprint density at radius 3 is 1.95 bits per heavy atom. The Balaban J connectivity index is 2.83. The van der Waals surface area contributed by atoms with Crippen LogP contribution in [-0.2, 0) is 6.42 Å². The van der Waals surface area contributed by atoms with Crippen molar-refractivity contribution in [2.45, 2.75) is 67.3 Å². The first-order valence-electron chi connectivity index (χ1n) is 8.09. The first-order valence-corrected chi connectivity index (χ1v) is 8.09. The van der Waals surface area contributed by atoms with Crippen LogP contribution >= 0.6 is 0 Å². The second kappa shape index (κ2) is 7.83. The van der Waals surface area contributed by atoms with Crippen LogP contribution in [-0.4, -0.2) is 12.6 Å². The highest BCUT2D eigenvalue weighted by molar-refractivity contribution is 5.37. The molecule has 0 saturated carbocycles. The maximum absolute atomic E-state index is 3.62. The minimum Gasteiger partial charge on any atom is -0.314 e. The van der Waals surface area contributed by atoms with Crippen molar-refractivity contribution in [3.63, 3.8) is 0 Å². The van der Waals surface area contributed by atoms with Gasteiger partial charge in [-0.15, -0.1) is 0 Å². The van der Waals surface area contributed by atoms with Crippen LogP contribution in [0.3, 0.4) is 0 Å². The standard InChI is InChI=1S/C19H33N/c1-13(2)8-18(12-20-14(3)4)11-19-16(6)9-15(5)10-17(19)7/h9-10,13-14,18,20H,8,11-12H2,1-7H3. The lowest BCUT2D eigenvalue weighted by molar-refractivity contribution is 0.372. The molecular formula is C19H33N. The molecule has 0 aliphatic rings. The van der Waals surface area contributed by atoms with Crippen molar-refractivity contribution in [3.05, 3.63) is 34.4 Å². The van der Waals surface area contributed by atoms with E-state index in [0.29, 0.717) is 6.04 Å². The average Bonchev–Trinajstić information content (AvgIpc) is 2.29. The van der Waals surface area contributed by atoms with Gasteiger partial charge in [-0.3, -0.25) is 0 Å².